The number of hydrogen-bond donors (Lipinski definition) is 0. The van der Waals surface area contributed by atoms with Gasteiger partial charge < -0.3 is 0 Å². The zero-order valence-corrected chi connectivity index (χ0v) is 8.55. The summed E-state index contributed by atoms with van der Waals surface area (Å²) in [5.74, 6) is 0. The van der Waals surface area contributed by atoms with Crippen LogP contribution < -0.4 is 0 Å². The highest BCUT2D eigenvalue weighted by molar-refractivity contribution is 5.75. The molecule has 0 atom stereocenters. The fourth-order valence-electron chi connectivity index (χ4n) is 1.53. The van der Waals surface area contributed by atoms with Crippen molar-refractivity contribution in [3.63, 3.8) is 0 Å². The summed E-state index contributed by atoms with van der Waals surface area (Å²) >= 11 is 0. The summed E-state index contributed by atoms with van der Waals surface area (Å²) in [6, 6.07) is 11.7. The maximum atomic E-state index is 10.8. The number of aldehydes is 1. The molecule has 0 saturated carbocycles. The molecule has 0 aliphatic carbocycles. The van der Waals surface area contributed by atoms with Crippen LogP contribution in [-0.2, 0) is 6.54 Å². The minimum atomic E-state index is 0.622. The summed E-state index contributed by atoms with van der Waals surface area (Å²) < 4.78 is 1.70. The van der Waals surface area contributed by atoms with E-state index < -0.39 is 0 Å². The molecule has 0 bridgehead atoms. The topological polar surface area (TPSA) is 34.9 Å². The third kappa shape index (κ3) is 1.81. The molecule has 0 aliphatic rings. The first-order valence-corrected chi connectivity index (χ1v) is 4.93. The van der Waals surface area contributed by atoms with E-state index in [9.17, 15) is 4.79 Å². The highest BCUT2D eigenvalue weighted by Gasteiger charge is 2.06. The van der Waals surface area contributed by atoms with Crippen LogP contribution in [0, 0.1) is 0 Å². The van der Waals surface area contributed by atoms with E-state index in [0.717, 1.165) is 17.5 Å². The Hall–Kier alpha value is -1.90. The van der Waals surface area contributed by atoms with Crippen LogP contribution in [0.2, 0.25) is 0 Å². The van der Waals surface area contributed by atoms with Gasteiger partial charge in [0.2, 0.25) is 0 Å². The molecule has 0 spiro atoms. The Labute approximate surface area is 88.4 Å². The molecule has 1 aromatic carbocycles. The monoisotopic (exact) mass is 200 g/mol. The van der Waals surface area contributed by atoms with Gasteiger partial charge in [-0.25, -0.2) is 0 Å². The fraction of sp³-hybridized carbons (Fsp3) is 0.167. The van der Waals surface area contributed by atoms with Gasteiger partial charge in [-0.15, -0.1) is 0 Å². The van der Waals surface area contributed by atoms with Gasteiger partial charge in [0.05, 0.1) is 5.69 Å². The highest BCUT2D eigenvalue weighted by Crippen LogP contribution is 2.17. The van der Waals surface area contributed by atoms with E-state index in [1.807, 2.05) is 43.3 Å². The second-order valence-corrected chi connectivity index (χ2v) is 3.25. The van der Waals surface area contributed by atoms with Crippen LogP contribution in [0.1, 0.15) is 17.4 Å². The minimum Gasteiger partial charge on any atom is -0.296 e. The van der Waals surface area contributed by atoms with Crippen LogP contribution in [0.4, 0.5) is 0 Å². The maximum Gasteiger partial charge on any atom is 0.168 e. The number of nitrogens with zero attached hydrogens (tertiary/aromatic N) is 2. The van der Waals surface area contributed by atoms with E-state index in [1.165, 1.54) is 0 Å². The third-order valence-corrected chi connectivity index (χ3v) is 2.30. The molecule has 0 N–H and O–H groups in total. The summed E-state index contributed by atoms with van der Waals surface area (Å²) in [5, 5.41) is 4.36. The van der Waals surface area contributed by atoms with Crippen molar-refractivity contribution in [2.45, 2.75) is 13.5 Å². The molecule has 3 nitrogen and oxygen atoms in total. The predicted octanol–water partition coefficient (Wildman–Crippen LogP) is 2.38. The van der Waals surface area contributed by atoms with Crippen molar-refractivity contribution in [1.29, 1.82) is 0 Å². The molecule has 3 heteroatoms. The molecule has 0 saturated heterocycles. The Morgan fingerprint density at radius 1 is 1.33 bits per heavy atom. The summed E-state index contributed by atoms with van der Waals surface area (Å²) in [7, 11) is 0. The predicted molar refractivity (Wildman–Crippen MR) is 58.7 cm³/mol. The Bertz CT molecular complexity index is 460. The van der Waals surface area contributed by atoms with Crippen molar-refractivity contribution < 1.29 is 4.79 Å². The van der Waals surface area contributed by atoms with Crippen molar-refractivity contribution in [2.75, 3.05) is 0 Å². The molecule has 0 amide bonds. The van der Waals surface area contributed by atoms with Gasteiger partial charge in [-0.05, 0) is 13.0 Å². The number of carbonyl (C=O) groups is 1. The zero-order valence-electron chi connectivity index (χ0n) is 8.55. The first-order valence-electron chi connectivity index (χ1n) is 4.93. The van der Waals surface area contributed by atoms with Crippen LogP contribution in [0.25, 0.3) is 11.3 Å². The smallest absolute Gasteiger partial charge is 0.168 e. The Balaban J connectivity index is 2.46. The Morgan fingerprint density at radius 2 is 2.07 bits per heavy atom. The average Bonchev–Trinajstić information content (AvgIpc) is 2.73. The van der Waals surface area contributed by atoms with Gasteiger partial charge in [-0.1, -0.05) is 30.3 Å². The number of benzene rings is 1. The molecule has 1 heterocycles. The zero-order chi connectivity index (χ0) is 10.7. The minimum absolute atomic E-state index is 0.622. The van der Waals surface area contributed by atoms with Crippen LogP contribution in [0.15, 0.2) is 36.4 Å². The van der Waals surface area contributed by atoms with Gasteiger partial charge in [-0.2, -0.15) is 5.10 Å². The summed E-state index contributed by atoms with van der Waals surface area (Å²) in [6.07, 6.45) is 0.836. The van der Waals surface area contributed by atoms with Gasteiger partial charge in [-0.3, -0.25) is 9.48 Å². The maximum absolute atomic E-state index is 10.8. The molecule has 15 heavy (non-hydrogen) atoms. The lowest BCUT2D eigenvalue weighted by molar-refractivity contribution is 0.111. The van der Waals surface area contributed by atoms with Crippen molar-refractivity contribution in [3.8, 4) is 11.3 Å². The largest absolute Gasteiger partial charge is 0.296 e. The third-order valence-electron chi connectivity index (χ3n) is 2.30. The molecule has 1 aromatic heterocycles. The standard InChI is InChI=1S/C12H12N2O/c1-2-14-11(9-15)8-12(13-14)10-6-4-3-5-7-10/h3-9H,2H2,1H3. The Kier molecular flexibility index (Phi) is 2.63. The molecule has 2 rings (SSSR count). The van der Waals surface area contributed by atoms with Crippen LogP contribution in [-0.4, -0.2) is 16.1 Å². The first-order chi connectivity index (χ1) is 7.35. The molecule has 0 unspecified atom stereocenters. The van der Waals surface area contributed by atoms with Gasteiger partial charge in [0.1, 0.15) is 5.69 Å². The van der Waals surface area contributed by atoms with Gasteiger partial charge in [0.15, 0.2) is 6.29 Å². The normalized spacial score (nSPS) is 10.2. The second-order valence-electron chi connectivity index (χ2n) is 3.25. The molecule has 2 aromatic rings. The van der Waals surface area contributed by atoms with Crippen molar-refractivity contribution in [2.24, 2.45) is 0 Å². The molecule has 76 valence electrons. The van der Waals surface area contributed by atoms with Crippen LogP contribution >= 0.6 is 0 Å². The lowest BCUT2D eigenvalue weighted by Crippen LogP contribution is -2.00. The fourth-order valence-corrected chi connectivity index (χ4v) is 1.53. The van der Waals surface area contributed by atoms with Gasteiger partial charge in [0, 0.05) is 12.1 Å². The average molecular weight is 200 g/mol. The quantitative estimate of drug-likeness (QED) is 0.713. The van der Waals surface area contributed by atoms with E-state index in [-0.39, 0.29) is 0 Å². The summed E-state index contributed by atoms with van der Waals surface area (Å²) in [6.45, 7) is 2.68. The first kappa shape index (κ1) is 9.65. The highest BCUT2D eigenvalue weighted by atomic mass is 16.1. The van der Waals surface area contributed by atoms with Crippen molar-refractivity contribution in [1.82, 2.24) is 9.78 Å². The van der Waals surface area contributed by atoms with E-state index >= 15 is 0 Å². The molecule has 0 radical (unpaired) electrons. The van der Waals surface area contributed by atoms with Crippen LogP contribution in [0.5, 0.6) is 0 Å². The van der Waals surface area contributed by atoms with Crippen molar-refractivity contribution in [3.05, 3.63) is 42.1 Å². The van der Waals surface area contributed by atoms with Crippen LogP contribution in [0.3, 0.4) is 0 Å². The summed E-state index contributed by atoms with van der Waals surface area (Å²) in [5.41, 5.74) is 2.50. The van der Waals surface area contributed by atoms with Gasteiger partial charge >= 0.3 is 0 Å². The number of aromatic nitrogens is 2. The lowest BCUT2D eigenvalue weighted by Gasteiger charge is -1.96. The number of hydrogen-bond acceptors (Lipinski definition) is 2. The van der Waals surface area contributed by atoms with Gasteiger partial charge in [0.25, 0.3) is 0 Å². The molecular weight excluding hydrogens is 188 g/mol. The van der Waals surface area contributed by atoms with E-state index in [0.29, 0.717) is 12.2 Å². The summed E-state index contributed by atoms with van der Waals surface area (Å²) in [4.78, 5) is 10.8. The SMILES string of the molecule is CCn1nc(-c2ccccc2)cc1C=O. The van der Waals surface area contributed by atoms with E-state index in [4.69, 9.17) is 0 Å². The number of aryl methyl sites for hydroxylation is 1. The molecule has 0 aliphatic heterocycles. The molecular formula is C12H12N2O. The number of carbonyl (C=O) groups excluding carboxylic acids is 1. The number of rotatable bonds is 3. The Morgan fingerprint density at radius 3 is 2.60 bits per heavy atom. The van der Waals surface area contributed by atoms with E-state index in [1.54, 1.807) is 4.68 Å². The molecule has 0 fully saturated rings. The van der Waals surface area contributed by atoms with Crippen molar-refractivity contribution >= 4 is 6.29 Å². The second kappa shape index (κ2) is 4.09. The van der Waals surface area contributed by atoms with E-state index in [2.05, 4.69) is 5.10 Å². The lowest BCUT2D eigenvalue weighted by atomic mass is 10.1.